The fourth-order valence-corrected chi connectivity index (χ4v) is 3.75. The van der Waals surface area contributed by atoms with E-state index in [-0.39, 0.29) is 44.9 Å². The maximum atomic E-state index is 14.9. The van der Waals surface area contributed by atoms with Crippen molar-refractivity contribution >= 4 is 29.4 Å². The van der Waals surface area contributed by atoms with Crippen LogP contribution in [0.25, 0.3) is 0 Å². The third-order valence-corrected chi connectivity index (χ3v) is 5.53. The van der Waals surface area contributed by atoms with Crippen LogP contribution in [0.1, 0.15) is 19.8 Å². The summed E-state index contributed by atoms with van der Waals surface area (Å²) in [7, 11) is 0. The number of piperidine rings is 1. The average molecular weight is 433 g/mol. The van der Waals surface area contributed by atoms with Gasteiger partial charge in [0.2, 0.25) is 5.91 Å². The highest BCUT2D eigenvalue weighted by molar-refractivity contribution is 5.90. The van der Waals surface area contributed by atoms with E-state index in [2.05, 4.69) is 11.4 Å². The SMILES string of the molecule is CC(=O)NC[C@H]1CN(c2ccc(N3CCC(C#N)(N(N)C(N)=O)CC3)c(F)c2)C(=O)O1. The molecule has 5 N–H and O–H groups in total. The summed E-state index contributed by atoms with van der Waals surface area (Å²) in [6, 6.07) is 5.54. The van der Waals surface area contributed by atoms with E-state index < -0.39 is 29.6 Å². The number of hydrogen-bond acceptors (Lipinski definition) is 7. The Hall–Kier alpha value is -3.59. The van der Waals surface area contributed by atoms with Crippen LogP contribution in [0.2, 0.25) is 0 Å². The fraction of sp³-hybridized carbons (Fsp3) is 0.474. The number of anilines is 2. The van der Waals surface area contributed by atoms with Crippen LogP contribution in [0.3, 0.4) is 0 Å². The maximum absolute atomic E-state index is 14.9. The highest BCUT2D eigenvalue weighted by Crippen LogP contribution is 2.33. The second-order valence-electron chi connectivity index (χ2n) is 7.53. The number of rotatable bonds is 5. The van der Waals surface area contributed by atoms with Crippen LogP contribution in [0, 0.1) is 17.1 Å². The van der Waals surface area contributed by atoms with Crippen molar-refractivity contribution in [3.05, 3.63) is 24.0 Å². The zero-order valence-corrected chi connectivity index (χ0v) is 17.0. The molecule has 0 radical (unpaired) electrons. The first-order valence-corrected chi connectivity index (χ1v) is 9.69. The third-order valence-electron chi connectivity index (χ3n) is 5.53. The van der Waals surface area contributed by atoms with Crippen LogP contribution in [0.4, 0.5) is 25.4 Å². The number of hydrazine groups is 1. The number of benzene rings is 1. The van der Waals surface area contributed by atoms with Crippen LogP contribution in [0.15, 0.2) is 18.2 Å². The number of carbonyl (C=O) groups excluding carboxylic acids is 3. The zero-order chi connectivity index (χ0) is 22.8. The Morgan fingerprint density at radius 1 is 1.42 bits per heavy atom. The lowest BCUT2D eigenvalue weighted by molar-refractivity contribution is -0.119. The highest BCUT2D eigenvalue weighted by Gasteiger charge is 2.41. The molecule has 0 bridgehead atoms. The van der Waals surface area contributed by atoms with Gasteiger partial charge in [-0.25, -0.2) is 24.8 Å². The number of nitrogens with zero attached hydrogens (tertiary/aromatic N) is 4. The van der Waals surface area contributed by atoms with Crippen LogP contribution >= 0.6 is 0 Å². The van der Waals surface area contributed by atoms with Gasteiger partial charge >= 0.3 is 12.1 Å². The number of ether oxygens (including phenoxy) is 1. The quantitative estimate of drug-likeness (QED) is 0.344. The molecule has 1 atom stereocenters. The van der Waals surface area contributed by atoms with Gasteiger partial charge in [-0.2, -0.15) is 5.26 Å². The van der Waals surface area contributed by atoms with Gasteiger partial charge in [-0.1, -0.05) is 0 Å². The van der Waals surface area contributed by atoms with Crippen molar-refractivity contribution < 1.29 is 23.5 Å². The second kappa shape index (κ2) is 8.65. The number of primary amides is 1. The number of nitriles is 1. The number of nitrogens with one attached hydrogen (secondary N) is 1. The molecule has 2 aliphatic heterocycles. The summed E-state index contributed by atoms with van der Waals surface area (Å²) in [4.78, 5) is 37.6. The number of urea groups is 1. The predicted octanol–water partition coefficient (Wildman–Crippen LogP) is 0.404. The monoisotopic (exact) mass is 433 g/mol. The van der Waals surface area contributed by atoms with Crippen molar-refractivity contribution in [2.75, 3.05) is 36.0 Å². The largest absolute Gasteiger partial charge is 0.442 e. The lowest BCUT2D eigenvalue weighted by atomic mass is 9.88. The first kappa shape index (κ1) is 22.1. The molecular weight excluding hydrogens is 409 g/mol. The Balaban J connectivity index is 1.68. The minimum absolute atomic E-state index is 0.177. The number of halogens is 1. The lowest BCUT2D eigenvalue weighted by Gasteiger charge is -2.42. The average Bonchev–Trinajstić information content (AvgIpc) is 3.12. The highest BCUT2D eigenvalue weighted by atomic mass is 19.1. The van der Waals surface area contributed by atoms with Gasteiger partial charge in [-0.3, -0.25) is 9.69 Å². The fourth-order valence-electron chi connectivity index (χ4n) is 3.75. The zero-order valence-electron chi connectivity index (χ0n) is 17.0. The van der Waals surface area contributed by atoms with Crippen molar-refractivity contribution in [1.29, 1.82) is 5.26 Å². The Morgan fingerprint density at radius 3 is 2.65 bits per heavy atom. The Bertz CT molecular complexity index is 926. The topological polar surface area (TPSA) is 158 Å². The smallest absolute Gasteiger partial charge is 0.414 e. The van der Waals surface area contributed by atoms with E-state index in [4.69, 9.17) is 16.3 Å². The van der Waals surface area contributed by atoms with Gasteiger partial charge in [0, 0.05) is 32.9 Å². The number of amides is 4. The van der Waals surface area contributed by atoms with E-state index >= 15 is 0 Å². The van der Waals surface area contributed by atoms with Gasteiger partial charge in [0.1, 0.15) is 17.5 Å². The summed E-state index contributed by atoms with van der Waals surface area (Å²) >= 11 is 0. The maximum Gasteiger partial charge on any atom is 0.414 e. The Kier molecular flexibility index (Phi) is 6.16. The molecule has 0 unspecified atom stereocenters. The van der Waals surface area contributed by atoms with Crippen LogP contribution in [-0.4, -0.2) is 60.9 Å². The molecule has 2 saturated heterocycles. The number of nitrogens with two attached hydrogens (primary N) is 2. The van der Waals surface area contributed by atoms with Crippen LogP contribution < -0.4 is 26.7 Å². The molecule has 31 heavy (non-hydrogen) atoms. The third kappa shape index (κ3) is 4.46. The van der Waals surface area contributed by atoms with Gasteiger partial charge in [0.15, 0.2) is 0 Å². The first-order valence-electron chi connectivity index (χ1n) is 9.69. The number of hydrogen-bond donors (Lipinski definition) is 3. The molecule has 166 valence electrons. The molecule has 2 heterocycles. The molecule has 4 amide bonds. The standard InChI is InChI=1S/C19H24FN7O4/c1-12(28)24-9-14-10-26(18(30)31-14)13-2-3-16(15(20)8-13)25-6-4-19(11-21,5-7-25)27(23)17(22)29/h2-3,8,14H,4-7,9-10,23H2,1H3,(H2,22,29)(H,24,28)/t14-/m0/s1. The molecule has 2 fully saturated rings. The summed E-state index contributed by atoms with van der Waals surface area (Å²) in [5.74, 6) is 4.90. The van der Waals surface area contributed by atoms with E-state index in [1.165, 1.54) is 17.9 Å². The summed E-state index contributed by atoms with van der Waals surface area (Å²) in [6.45, 7) is 2.30. The van der Waals surface area contributed by atoms with Crippen LogP contribution in [0.5, 0.6) is 0 Å². The van der Waals surface area contributed by atoms with E-state index in [0.717, 1.165) is 5.01 Å². The van der Waals surface area contributed by atoms with Gasteiger partial charge in [0.05, 0.1) is 30.5 Å². The van der Waals surface area contributed by atoms with Gasteiger partial charge in [-0.05, 0) is 18.2 Å². The molecule has 1 aromatic rings. The van der Waals surface area contributed by atoms with E-state index in [9.17, 15) is 24.0 Å². The minimum atomic E-state index is -1.24. The van der Waals surface area contributed by atoms with E-state index in [1.807, 2.05) is 0 Å². The molecule has 0 aromatic heterocycles. The molecular formula is C19H24FN7O4. The van der Waals surface area contributed by atoms with Crippen molar-refractivity contribution in [3.63, 3.8) is 0 Å². The van der Waals surface area contributed by atoms with Gasteiger partial charge < -0.3 is 20.7 Å². The molecule has 0 aliphatic carbocycles. The summed E-state index contributed by atoms with van der Waals surface area (Å²) in [6.07, 6.45) is -0.737. The summed E-state index contributed by atoms with van der Waals surface area (Å²) < 4.78 is 20.1. The molecule has 12 heteroatoms. The van der Waals surface area contributed by atoms with E-state index in [0.29, 0.717) is 11.4 Å². The van der Waals surface area contributed by atoms with Crippen molar-refractivity contribution in [2.24, 2.45) is 11.6 Å². The normalized spacial score (nSPS) is 20.1. The van der Waals surface area contributed by atoms with Gasteiger partial charge in [0.25, 0.3) is 0 Å². The van der Waals surface area contributed by atoms with Crippen molar-refractivity contribution in [3.8, 4) is 6.07 Å². The van der Waals surface area contributed by atoms with Crippen LogP contribution in [-0.2, 0) is 9.53 Å². The Labute approximate surface area is 178 Å². The summed E-state index contributed by atoms with van der Waals surface area (Å²) in [5, 5.41) is 12.8. The molecule has 2 aliphatic rings. The molecule has 1 aromatic carbocycles. The molecule has 11 nitrogen and oxygen atoms in total. The second-order valence-corrected chi connectivity index (χ2v) is 7.53. The van der Waals surface area contributed by atoms with Crippen molar-refractivity contribution in [1.82, 2.24) is 10.3 Å². The lowest BCUT2D eigenvalue weighted by Crippen LogP contribution is -2.61. The molecule has 3 rings (SSSR count). The molecule has 0 saturated carbocycles. The van der Waals surface area contributed by atoms with E-state index in [1.54, 1.807) is 17.0 Å². The van der Waals surface area contributed by atoms with Gasteiger partial charge in [-0.15, -0.1) is 0 Å². The minimum Gasteiger partial charge on any atom is -0.442 e. The Morgan fingerprint density at radius 2 is 2.10 bits per heavy atom. The summed E-state index contributed by atoms with van der Waals surface area (Å²) in [5.41, 5.74) is 4.61. The van der Waals surface area contributed by atoms with Crippen molar-refractivity contribution in [2.45, 2.75) is 31.4 Å². The molecule has 0 spiro atoms. The predicted molar refractivity (Wildman–Crippen MR) is 108 cm³/mol. The number of carbonyl (C=O) groups is 3. The first-order chi connectivity index (χ1) is 14.7. The number of cyclic esters (lactones) is 1.